The van der Waals surface area contributed by atoms with Gasteiger partial charge in [-0.05, 0) is 49.6 Å². The van der Waals surface area contributed by atoms with Crippen LogP contribution in [0.15, 0.2) is 42.6 Å². The Bertz CT molecular complexity index is 1090. The van der Waals surface area contributed by atoms with E-state index in [1.54, 1.807) is 24.3 Å². The van der Waals surface area contributed by atoms with Gasteiger partial charge < -0.3 is 10.2 Å². The number of rotatable bonds is 5. The van der Waals surface area contributed by atoms with Gasteiger partial charge in [0.15, 0.2) is 0 Å². The summed E-state index contributed by atoms with van der Waals surface area (Å²) in [5, 5.41) is 12.9. The van der Waals surface area contributed by atoms with Gasteiger partial charge in [-0.25, -0.2) is 14.4 Å². The van der Waals surface area contributed by atoms with Crippen LogP contribution in [0.3, 0.4) is 0 Å². The van der Waals surface area contributed by atoms with Crippen molar-refractivity contribution in [3.63, 3.8) is 0 Å². The summed E-state index contributed by atoms with van der Waals surface area (Å²) in [5.74, 6) is 0.260. The predicted molar refractivity (Wildman–Crippen MR) is 114 cm³/mol. The molecule has 4 rings (SSSR count). The molecule has 1 atom stereocenters. The minimum absolute atomic E-state index is 0.0259. The highest BCUT2D eigenvalue weighted by Crippen LogP contribution is 2.32. The van der Waals surface area contributed by atoms with Gasteiger partial charge in [-0.15, -0.1) is 11.3 Å². The van der Waals surface area contributed by atoms with Gasteiger partial charge in [0.05, 0.1) is 15.4 Å². The Morgan fingerprint density at radius 2 is 2.13 bits per heavy atom. The summed E-state index contributed by atoms with van der Waals surface area (Å²) in [6.07, 6.45) is 3.34. The average Bonchev–Trinajstić information content (AvgIpc) is 3.39. The molecule has 1 N–H and O–H groups in total. The molecule has 8 heteroatoms. The number of aromatic nitrogens is 2. The maximum atomic E-state index is 13.3. The number of hydrogen-bond acceptors (Lipinski definition) is 6. The topological polar surface area (TPSA) is 81.9 Å². The molecule has 3 heterocycles. The van der Waals surface area contributed by atoms with Crippen molar-refractivity contribution >= 4 is 23.1 Å². The van der Waals surface area contributed by atoms with Crippen molar-refractivity contribution in [3.05, 3.63) is 64.7 Å². The van der Waals surface area contributed by atoms with Crippen LogP contribution in [0.2, 0.25) is 0 Å². The number of nitrogens with zero attached hydrogens (tertiary/aromatic N) is 4. The summed E-state index contributed by atoms with van der Waals surface area (Å²) < 4.78 is 13.3. The van der Waals surface area contributed by atoms with Gasteiger partial charge in [0, 0.05) is 25.3 Å². The third-order valence-corrected chi connectivity index (χ3v) is 6.11. The van der Waals surface area contributed by atoms with E-state index in [0.717, 1.165) is 28.3 Å². The number of aryl methyl sites for hydroxylation is 1. The maximum Gasteiger partial charge on any atom is 0.274 e. The number of carbonyl (C=O) groups excluding carboxylic acids is 1. The number of thiazole rings is 1. The van der Waals surface area contributed by atoms with Crippen molar-refractivity contribution in [2.45, 2.75) is 25.8 Å². The highest BCUT2D eigenvalue weighted by atomic mass is 32.1. The number of carbonyl (C=O) groups is 1. The molecule has 0 aliphatic carbocycles. The molecule has 0 radical (unpaired) electrons. The van der Waals surface area contributed by atoms with Gasteiger partial charge in [0.25, 0.3) is 5.91 Å². The van der Waals surface area contributed by atoms with E-state index in [4.69, 9.17) is 5.26 Å². The van der Waals surface area contributed by atoms with Gasteiger partial charge >= 0.3 is 0 Å². The lowest BCUT2D eigenvalue weighted by Gasteiger charge is -2.25. The van der Waals surface area contributed by atoms with Crippen LogP contribution < -0.4 is 5.32 Å². The zero-order valence-electron chi connectivity index (χ0n) is 16.4. The minimum Gasteiger partial charge on any atom is -0.368 e. The number of pyridine rings is 1. The highest BCUT2D eigenvalue weighted by Gasteiger charge is 2.32. The van der Waals surface area contributed by atoms with Crippen LogP contribution in [0.25, 0.3) is 10.4 Å². The Labute approximate surface area is 178 Å². The van der Waals surface area contributed by atoms with Crippen molar-refractivity contribution in [3.8, 4) is 16.5 Å². The Morgan fingerprint density at radius 3 is 2.83 bits per heavy atom. The van der Waals surface area contributed by atoms with E-state index in [1.807, 2.05) is 17.9 Å². The first kappa shape index (κ1) is 20.0. The second kappa shape index (κ2) is 8.59. The second-order valence-corrected chi connectivity index (χ2v) is 8.34. The molecule has 1 saturated heterocycles. The fraction of sp³-hybridized carbons (Fsp3) is 0.273. The molecular formula is C22H20FN5OS. The second-order valence-electron chi connectivity index (χ2n) is 7.14. The lowest BCUT2D eigenvalue weighted by molar-refractivity contribution is 0.0739. The molecule has 152 valence electrons. The number of amides is 1. The van der Waals surface area contributed by atoms with Crippen molar-refractivity contribution in [2.75, 3.05) is 18.4 Å². The van der Waals surface area contributed by atoms with Crippen LogP contribution in [0.5, 0.6) is 0 Å². The molecule has 3 aromatic rings. The van der Waals surface area contributed by atoms with E-state index in [-0.39, 0.29) is 17.8 Å². The van der Waals surface area contributed by atoms with Crippen molar-refractivity contribution < 1.29 is 9.18 Å². The van der Waals surface area contributed by atoms with Gasteiger partial charge in [-0.1, -0.05) is 12.1 Å². The summed E-state index contributed by atoms with van der Waals surface area (Å²) in [4.78, 5) is 24.7. The summed E-state index contributed by atoms with van der Waals surface area (Å²) in [7, 11) is 0. The molecule has 1 aliphatic rings. The minimum atomic E-state index is -0.310. The van der Waals surface area contributed by atoms with Crippen LogP contribution in [-0.4, -0.2) is 39.9 Å². The molecule has 0 bridgehead atoms. The Hall–Kier alpha value is -3.31. The molecule has 1 aliphatic heterocycles. The van der Waals surface area contributed by atoms with Gasteiger partial charge in [0.1, 0.15) is 23.4 Å². The van der Waals surface area contributed by atoms with Crippen LogP contribution in [0.1, 0.15) is 33.9 Å². The smallest absolute Gasteiger partial charge is 0.274 e. The van der Waals surface area contributed by atoms with Crippen LogP contribution in [0.4, 0.5) is 10.2 Å². The van der Waals surface area contributed by atoms with Gasteiger partial charge in [-0.3, -0.25) is 4.79 Å². The first-order chi connectivity index (χ1) is 14.5. The molecule has 30 heavy (non-hydrogen) atoms. The highest BCUT2D eigenvalue weighted by molar-refractivity contribution is 7.15. The summed E-state index contributed by atoms with van der Waals surface area (Å²) >= 11 is 1.44. The number of nitriles is 1. The van der Waals surface area contributed by atoms with Crippen LogP contribution in [0, 0.1) is 24.1 Å². The maximum absolute atomic E-state index is 13.3. The molecule has 1 aromatic carbocycles. The zero-order valence-corrected chi connectivity index (χ0v) is 17.2. The molecular weight excluding hydrogens is 401 g/mol. The van der Waals surface area contributed by atoms with Crippen LogP contribution in [-0.2, 0) is 0 Å². The Balaban J connectivity index is 1.51. The van der Waals surface area contributed by atoms with E-state index in [2.05, 4.69) is 15.3 Å². The number of benzene rings is 1. The molecule has 1 amide bonds. The number of anilines is 1. The first-order valence-corrected chi connectivity index (χ1v) is 10.5. The molecule has 2 aromatic heterocycles. The summed E-state index contributed by atoms with van der Waals surface area (Å²) in [5.41, 5.74) is 1.72. The fourth-order valence-electron chi connectivity index (χ4n) is 3.61. The third-order valence-electron chi connectivity index (χ3n) is 5.09. The van der Waals surface area contributed by atoms with Gasteiger partial charge in [-0.2, -0.15) is 5.26 Å². The Morgan fingerprint density at radius 1 is 1.33 bits per heavy atom. The molecule has 0 saturated carbocycles. The van der Waals surface area contributed by atoms with Crippen LogP contribution >= 0.6 is 11.3 Å². The standard InChI is InChI=1S/C22H20FN5OS/c1-14-27-20(21(30-14)16-5-7-17(23)8-6-16)22(29)28-10-2-3-18(28)13-26-19-9-4-15(11-24)12-25-19/h4-9,12,18H,2-3,10,13H2,1H3,(H,25,26)/t18-/m0/s1. The van der Waals surface area contributed by atoms with Crippen molar-refractivity contribution in [1.29, 1.82) is 5.26 Å². The number of nitrogens with one attached hydrogen (secondary N) is 1. The normalized spacial score (nSPS) is 15.8. The van der Waals surface area contributed by atoms with E-state index in [0.29, 0.717) is 30.2 Å². The SMILES string of the molecule is Cc1nc(C(=O)N2CCC[C@H]2CNc2ccc(C#N)cn2)c(-c2ccc(F)cc2)s1. The Kier molecular flexibility index (Phi) is 5.72. The van der Waals surface area contributed by atoms with E-state index < -0.39 is 0 Å². The molecule has 6 nitrogen and oxygen atoms in total. The zero-order chi connectivity index (χ0) is 21.1. The lowest BCUT2D eigenvalue weighted by atomic mass is 10.1. The van der Waals surface area contributed by atoms with E-state index in [9.17, 15) is 9.18 Å². The predicted octanol–water partition coefficient (Wildman–Crippen LogP) is 4.24. The number of halogens is 1. The monoisotopic (exact) mass is 421 g/mol. The fourth-order valence-corrected chi connectivity index (χ4v) is 4.52. The molecule has 1 fully saturated rings. The first-order valence-electron chi connectivity index (χ1n) is 9.69. The lowest BCUT2D eigenvalue weighted by Crippen LogP contribution is -2.40. The molecule has 0 unspecified atom stereocenters. The molecule has 0 spiro atoms. The largest absolute Gasteiger partial charge is 0.368 e. The summed E-state index contributed by atoms with van der Waals surface area (Å²) in [6, 6.07) is 11.7. The quantitative estimate of drug-likeness (QED) is 0.666. The number of hydrogen-bond donors (Lipinski definition) is 1. The van der Waals surface area contributed by atoms with E-state index in [1.165, 1.54) is 29.7 Å². The number of likely N-dealkylation sites (tertiary alicyclic amines) is 1. The van der Waals surface area contributed by atoms with Crippen molar-refractivity contribution in [2.24, 2.45) is 0 Å². The van der Waals surface area contributed by atoms with Crippen molar-refractivity contribution in [1.82, 2.24) is 14.9 Å². The summed E-state index contributed by atoms with van der Waals surface area (Å²) in [6.45, 7) is 3.11. The van der Waals surface area contributed by atoms with E-state index >= 15 is 0 Å². The third kappa shape index (κ3) is 4.16. The van der Waals surface area contributed by atoms with Gasteiger partial charge in [0.2, 0.25) is 0 Å². The average molecular weight is 422 g/mol.